The third-order valence-corrected chi connectivity index (χ3v) is 3.42. The highest BCUT2D eigenvalue weighted by Crippen LogP contribution is 2.17. The first-order valence-corrected chi connectivity index (χ1v) is 7.08. The summed E-state index contributed by atoms with van der Waals surface area (Å²) in [7, 11) is 0. The molecule has 0 spiro atoms. The number of nitrogens with zero attached hydrogens (tertiary/aromatic N) is 1. The number of carbonyl (C=O) groups is 2. The first kappa shape index (κ1) is 15.3. The van der Waals surface area contributed by atoms with Crippen LogP contribution in [0.3, 0.4) is 0 Å². The Bertz CT molecular complexity index is 525. The Labute approximate surface area is 124 Å². The van der Waals surface area contributed by atoms with Crippen LogP contribution in [0.25, 0.3) is 0 Å². The molecule has 1 aromatic carbocycles. The minimum Gasteiger partial charge on any atom is -0.377 e. The smallest absolute Gasteiger partial charge is 0.253 e. The average Bonchev–Trinajstić information content (AvgIpc) is 2.96. The molecule has 1 aromatic rings. The minimum absolute atomic E-state index is 0.00111. The summed E-state index contributed by atoms with van der Waals surface area (Å²) in [5, 5.41) is 2.65. The summed E-state index contributed by atoms with van der Waals surface area (Å²) in [6.07, 6.45) is 2.23. The fourth-order valence-electron chi connectivity index (χ4n) is 2.36. The number of hydrogen-bond acceptors (Lipinski definition) is 3. The van der Waals surface area contributed by atoms with Gasteiger partial charge >= 0.3 is 0 Å². The van der Waals surface area contributed by atoms with E-state index < -0.39 is 0 Å². The molecular formula is C16H20N2O3. The van der Waals surface area contributed by atoms with Crippen LogP contribution in [-0.2, 0) is 9.53 Å². The second-order valence-corrected chi connectivity index (χ2v) is 4.89. The van der Waals surface area contributed by atoms with Crippen molar-refractivity contribution in [1.29, 1.82) is 0 Å². The van der Waals surface area contributed by atoms with Crippen molar-refractivity contribution in [3.05, 3.63) is 42.5 Å². The Morgan fingerprint density at radius 3 is 2.76 bits per heavy atom. The van der Waals surface area contributed by atoms with Crippen LogP contribution in [-0.4, -0.2) is 42.5 Å². The molecule has 2 rings (SSSR count). The SMILES string of the molecule is C=CC(=O)Nc1ccc(C(=O)N2CC[C@H](OCC)C2)cc1. The van der Waals surface area contributed by atoms with Crippen LogP contribution in [0.4, 0.5) is 5.69 Å². The monoisotopic (exact) mass is 288 g/mol. The molecule has 1 fully saturated rings. The summed E-state index contributed by atoms with van der Waals surface area (Å²) < 4.78 is 5.54. The van der Waals surface area contributed by atoms with Gasteiger partial charge in [0.2, 0.25) is 5.91 Å². The molecule has 0 radical (unpaired) electrons. The zero-order chi connectivity index (χ0) is 15.2. The van der Waals surface area contributed by atoms with Crippen molar-refractivity contribution in [2.75, 3.05) is 25.0 Å². The van der Waals surface area contributed by atoms with Gasteiger partial charge in [-0.3, -0.25) is 9.59 Å². The van der Waals surface area contributed by atoms with Crippen LogP contribution in [0.15, 0.2) is 36.9 Å². The molecule has 0 unspecified atom stereocenters. The zero-order valence-electron chi connectivity index (χ0n) is 12.2. The maximum absolute atomic E-state index is 12.4. The fourth-order valence-corrected chi connectivity index (χ4v) is 2.36. The van der Waals surface area contributed by atoms with Crippen molar-refractivity contribution >= 4 is 17.5 Å². The molecule has 2 amide bonds. The van der Waals surface area contributed by atoms with Crippen molar-refractivity contribution < 1.29 is 14.3 Å². The molecule has 1 atom stereocenters. The van der Waals surface area contributed by atoms with Gasteiger partial charge < -0.3 is 15.0 Å². The van der Waals surface area contributed by atoms with E-state index in [1.165, 1.54) is 6.08 Å². The molecule has 5 nitrogen and oxygen atoms in total. The number of hydrogen-bond donors (Lipinski definition) is 1. The predicted molar refractivity (Wildman–Crippen MR) is 81.2 cm³/mol. The molecule has 1 aliphatic heterocycles. The molecule has 112 valence electrons. The first-order chi connectivity index (χ1) is 10.1. The molecular weight excluding hydrogens is 268 g/mol. The Balaban J connectivity index is 1.97. The summed E-state index contributed by atoms with van der Waals surface area (Å²) in [5.41, 5.74) is 1.26. The highest BCUT2D eigenvalue weighted by atomic mass is 16.5. The van der Waals surface area contributed by atoms with Crippen LogP contribution in [0, 0.1) is 0 Å². The van der Waals surface area contributed by atoms with Gasteiger partial charge in [-0.15, -0.1) is 0 Å². The van der Waals surface area contributed by atoms with Crippen LogP contribution >= 0.6 is 0 Å². The molecule has 1 saturated heterocycles. The molecule has 21 heavy (non-hydrogen) atoms. The van der Waals surface area contributed by atoms with E-state index in [-0.39, 0.29) is 17.9 Å². The molecule has 0 aromatic heterocycles. The standard InChI is InChI=1S/C16H20N2O3/c1-3-15(19)17-13-7-5-12(6-8-13)16(20)18-10-9-14(11-18)21-4-2/h3,5-8,14H,1,4,9-11H2,2H3,(H,17,19)/t14-/m0/s1. The van der Waals surface area contributed by atoms with E-state index in [1.54, 1.807) is 29.2 Å². The highest BCUT2D eigenvalue weighted by Gasteiger charge is 2.27. The third kappa shape index (κ3) is 3.92. The van der Waals surface area contributed by atoms with Gasteiger partial charge in [-0.05, 0) is 43.7 Å². The summed E-state index contributed by atoms with van der Waals surface area (Å²) in [6, 6.07) is 6.86. The number of likely N-dealkylation sites (tertiary alicyclic amines) is 1. The summed E-state index contributed by atoms with van der Waals surface area (Å²) in [5.74, 6) is -0.271. The molecule has 5 heteroatoms. The van der Waals surface area contributed by atoms with E-state index >= 15 is 0 Å². The van der Waals surface area contributed by atoms with E-state index in [4.69, 9.17) is 4.74 Å². The van der Waals surface area contributed by atoms with Gasteiger partial charge in [0.25, 0.3) is 5.91 Å². The second kappa shape index (κ2) is 7.04. The lowest BCUT2D eigenvalue weighted by atomic mass is 10.2. The van der Waals surface area contributed by atoms with E-state index in [0.29, 0.717) is 24.4 Å². The van der Waals surface area contributed by atoms with Crippen molar-refractivity contribution in [2.24, 2.45) is 0 Å². The largest absolute Gasteiger partial charge is 0.377 e. The maximum atomic E-state index is 12.4. The van der Waals surface area contributed by atoms with Crippen LogP contribution in [0.2, 0.25) is 0 Å². The van der Waals surface area contributed by atoms with Gasteiger partial charge in [0, 0.05) is 30.9 Å². The van der Waals surface area contributed by atoms with Gasteiger partial charge in [0.05, 0.1) is 6.10 Å². The van der Waals surface area contributed by atoms with Crippen molar-refractivity contribution in [2.45, 2.75) is 19.4 Å². The highest BCUT2D eigenvalue weighted by molar-refractivity contribution is 5.99. The van der Waals surface area contributed by atoms with Crippen molar-refractivity contribution in [3.63, 3.8) is 0 Å². The van der Waals surface area contributed by atoms with Crippen LogP contribution in [0.1, 0.15) is 23.7 Å². The number of carbonyl (C=O) groups excluding carboxylic acids is 2. The summed E-state index contributed by atoms with van der Waals surface area (Å²) in [6.45, 7) is 7.38. The molecule has 0 saturated carbocycles. The van der Waals surface area contributed by atoms with E-state index in [2.05, 4.69) is 11.9 Å². The zero-order valence-corrected chi connectivity index (χ0v) is 12.2. The Morgan fingerprint density at radius 2 is 2.14 bits per heavy atom. The lowest BCUT2D eigenvalue weighted by Gasteiger charge is -2.16. The molecule has 0 bridgehead atoms. The Kier molecular flexibility index (Phi) is 5.11. The quantitative estimate of drug-likeness (QED) is 0.844. The van der Waals surface area contributed by atoms with Crippen molar-refractivity contribution in [3.8, 4) is 0 Å². The van der Waals surface area contributed by atoms with Gasteiger partial charge in [-0.2, -0.15) is 0 Å². The number of nitrogens with one attached hydrogen (secondary N) is 1. The fraction of sp³-hybridized carbons (Fsp3) is 0.375. The van der Waals surface area contributed by atoms with Gasteiger partial charge in [0.15, 0.2) is 0 Å². The van der Waals surface area contributed by atoms with Crippen LogP contribution in [0.5, 0.6) is 0 Å². The number of benzene rings is 1. The molecule has 0 aliphatic carbocycles. The third-order valence-electron chi connectivity index (χ3n) is 3.42. The topological polar surface area (TPSA) is 58.6 Å². The Morgan fingerprint density at radius 1 is 1.43 bits per heavy atom. The lowest BCUT2D eigenvalue weighted by Crippen LogP contribution is -2.30. The first-order valence-electron chi connectivity index (χ1n) is 7.08. The summed E-state index contributed by atoms with van der Waals surface area (Å²) >= 11 is 0. The molecule has 1 N–H and O–H groups in total. The predicted octanol–water partition coefficient (Wildman–Crippen LogP) is 2.06. The summed E-state index contributed by atoms with van der Waals surface area (Å²) in [4.78, 5) is 25.3. The number of ether oxygens (including phenoxy) is 1. The Hall–Kier alpha value is -2.14. The maximum Gasteiger partial charge on any atom is 0.253 e. The van der Waals surface area contributed by atoms with E-state index in [9.17, 15) is 9.59 Å². The van der Waals surface area contributed by atoms with Crippen molar-refractivity contribution in [1.82, 2.24) is 4.90 Å². The normalized spacial score (nSPS) is 17.6. The van der Waals surface area contributed by atoms with Gasteiger partial charge in [0.1, 0.15) is 0 Å². The number of anilines is 1. The van der Waals surface area contributed by atoms with E-state index in [1.807, 2.05) is 6.92 Å². The minimum atomic E-state index is -0.270. The average molecular weight is 288 g/mol. The van der Waals surface area contributed by atoms with Gasteiger partial charge in [-0.25, -0.2) is 0 Å². The number of amides is 2. The molecule has 1 heterocycles. The van der Waals surface area contributed by atoms with Crippen LogP contribution < -0.4 is 5.32 Å². The van der Waals surface area contributed by atoms with E-state index in [0.717, 1.165) is 13.0 Å². The second-order valence-electron chi connectivity index (χ2n) is 4.89. The van der Waals surface area contributed by atoms with Gasteiger partial charge in [-0.1, -0.05) is 6.58 Å². The number of rotatable bonds is 5. The molecule has 1 aliphatic rings. The lowest BCUT2D eigenvalue weighted by molar-refractivity contribution is -0.111.